The third kappa shape index (κ3) is 2.98. The Kier molecular flexibility index (Phi) is 4.64. The molecule has 2 rings (SSSR count). The SMILES string of the molecule is Cc1cc(N)nc(=O)n1C1OC(C(O)(O)O)[C@H](O)C1(O)C#CCF. The molecule has 0 bridgehead atoms. The molecule has 0 aromatic carbocycles. The van der Waals surface area contributed by atoms with Gasteiger partial charge >= 0.3 is 11.7 Å². The highest BCUT2D eigenvalue weighted by Crippen LogP contribution is 2.40. The summed E-state index contributed by atoms with van der Waals surface area (Å²) < 4.78 is 18.1. The van der Waals surface area contributed by atoms with E-state index in [0.29, 0.717) is 0 Å². The van der Waals surface area contributed by atoms with E-state index in [0.717, 1.165) is 4.57 Å². The van der Waals surface area contributed by atoms with Crippen molar-refractivity contribution in [1.82, 2.24) is 9.55 Å². The molecule has 0 saturated carbocycles. The number of rotatable bonds is 2. The standard InChI is InChI=1S/C13H16FN3O7/c1-6-5-7(15)16-11(19)17(6)10-12(20,3-2-4-14)8(18)9(24-10)13(21,22)23/h5,8-10,18,20-23H,4H2,1H3,(H2,15,16,19)/t8-,9?,10?,12?/m0/s1. The maximum Gasteiger partial charge on any atom is 0.351 e. The Labute approximate surface area is 134 Å². The number of anilines is 1. The molecule has 1 fully saturated rings. The highest BCUT2D eigenvalue weighted by atomic mass is 19.1. The van der Waals surface area contributed by atoms with E-state index in [4.69, 9.17) is 10.5 Å². The van der Waals surface area contributed by atoms with E-state index in [-0.39, 0.29) is 11.5 Å². The van der Waals surface area contributed by atoms with Gasteiger partial charge in [0.1, 0.15) is 18.6 Å². The topological polar surface area (TPSA) is 171 Å². The minimum atomic E-state index is -3.56. The number of halogens is 1. The number of nitrogen functional groups attached to an aromatic ring is 1. The van der Waals surface area contributed by atoms with Gasteiger partial charge in [-0.15, -0.1) is 0 Å². The van der Waals surface area contributed by atoms with E-state index >= 15 is 0 Å². The van der Waals surface area contributed by atoms with Crippen LogP contribution >= 0.6 is 0 Å². The van der Waals surface area contributed by atoms with Gasteiger partial charge in [-0.25, -0.2) is 9.18 Å². The third-order valence-corrected chi connectivity index (χ3v) is 3.53. The van der Waals surface area contributed by atoms with Gasteiger partial charge in [-0.2, -0.15) is 4.98 Å². The molecule has 1 saturated heterocycles. The maximum absolute atomic E-state index is 12.4. The van der Waals surface area contributed by atoms with E-state index < -0.39 is 42.4 Å². The van der Waals surface area contributed by atoms with Crippen LogP contribution in [0.1, 0.15) is 11.9 Å². The Morgan fingerprint density at radius 1 is 1.54 bits per heavy atom. The Balaban J connectivity index is 2.64. The van der Waals surface area contributed by atoms with Crippen molar-refractivity contribution in [1.29, 1.82) is 0 Å². The van der Waals surface area contributed by atoms with E-state index in [1.54, 1.807) is 0 Å². The van der Waals surface area contributed by atoms with E-state index in [1.807, 2.05) is 11.8 Å². The van der Waals surface area contributed by atoms with E-state index in [1.165, 1.54) is 13.0 Å². The second-order valence-electron chi connectivity index (χ2n) is 5.28. The number of hydrogen-bond acceptors (Lipinski definition) is 9. The minimum absolute atomic E-state index is 0.122. The normalized spacial score (nSPS) is 30.0. The zero-order valence-corrected chi connectivity index (χ0v) is 12.4. The smallest absolute Gasteiger partial charge is 0.351 e. The fourth-order valence-electron chi connectivity index (χ4n) is 2.48. The number of nitrogens with zero attached hydrogens (tertiary/aromatic N) is 2. The Bertz CT molecular complexity index is 751. The second kappa shape index (κ2) is 6.10. The molecule has 3 unspecified atom stereocenters. The first kappa shape index (κ1) is 18.3. The van der Waals surface area contributed by atoms with Gasteiger partial charge in [-0.3, -0.25) is 4.57 Å². The quantitative estimate of drug-likeness (QED) is 0.237. The van der Waals surface area contributed by atoms with Crippen molar-refractivity contribution in [3.8, 4) is 11.8 Å². The van der Waals surface area contributed by atoms with Crippen LogP contribution in [0, 0.1) is 18.8 Å². The Hall–Kier alpha value is -2.07. The average Bonchev–Trinajstić information content (AvgIpc) is 2.69. The molecule has 1 aliphatic rings. The van der Waals surface area contributed by atoms with Gasteiger partial charge in [0.25, 0.3) is 0 Å². The van der Waals surface area contributed by atoms with E-state index in [9.17, 15) is 34.7 Å². The summed E-state index contributed by atoms with van der Waals surface area (Å²) >= 11 is 0. The second-order valence-corrected chi connectivity index (χ2v) is 5.28. The zero-order chi connectivity index (χ0) is 18.3. The lowest BCUT2D eigenvalue weighted by Crippen LogP contribution is -2.53. The van der Waals surface area contributed by atoms with Crippen LogP contribution in [-0.4, -0.2) is 65.5 Å². The van der Waals surface area contributed by atoms with Crippen LogP contribution in [0.2, 0.25) is 0 Å². The lowest BCUT2D eigenvalue weighted by Gasteiger charge is -2.28. The molecule has 2 heterocycles. The third-order valence-electron chi connectivity index (χ3n) is 3.53. The lowest BCUT2D eigenvalue weighted by atomic mass is 9.93. The number of aryl methyl sites for hydroxylation is 1. The van der Waals surface area contributed by atoms with Crippen molar-refractivity contribution in [3.63, 3.8) is 0 Å². The number of ether oxygens (including phenoxy) is 1. The van der Waals surface area contributed by atoms with Gasteiger partial charge in [-0.05, 0) is 13.0 Å². The van der Waals surface area contributed by atoms with Crippen molar-refractivity contribution in [2.75, 3.05) is 12.4 Å². The number of alkyl halides is 1. The van der Waals surface area contributed by atoms with Crippen LogP contribution in [0.3, 0.4) is 0 Å². The molecule has 11 heteroatoms. The molecule has 7 N–H and O–H groups in total. The van der Waals surface area contributed by atoms with Gasteiger partial charge in [0.15, 0.2) is 17.9 Å². The number of aliphatic hydroxyl groups excluding tert-OH is 1. The fourth-order valence-corrected chi connectivity index (χ4v) is 2.48. The van der Waals surface area contributed by atoms with Crippen molar-refractivity contribution < 1.29 is 34.7 Å². The summed E-state index contributed by atoms with van der Waals surface area (Å²) in [5.41, 5.74) is 1.92. The molecule has 0 aliphatic carbocycles. The highest BCUT2D eigenvalue weighted by molar-refractivity contribution is 5.30. The molecule has 1 aromatic heterocycles. The largest absolute Gasteiger partial charge is 0.386 e. The van der Waals surface area contributed by atoms with Crippen LogP contribution in [0.5, 0.6) is 0 Å². The molecule has 4 atom stereocenters. The average molecular weight is 345 g/mol. The first-order valence-electron chi connectivity index (χ1n) is 6.67. The van der Waals surface area contributed by atoms with Gasteiger partial charge in [0.05, 0.1) is 0 Å². The summed E-state index contributed by atoms with van der Waals surface area (Å²) in [4.78, 5) is 15.5. The molecule has 0 spiro atoms. The van der Waals surface area contributed by atoms with Crippen LogP contribution in [0.4, 0.5) is 10.2 Å². The van der Waals surface area contributed by atoms with E-state index in [2.05, 4.69) is 4.98 Å². The van der Waals surface area contributed by atoms with Crippen LogP contribution in [0.25, 0.3) is 0 Å². The summed E-state index contributed by atoms with van der Waals surface area (Å²) in [6, 6.07) is 1.25. The molecular formula is C13H16FN3O7. The molecule has 24 heavy (non-hydrogen) atoms. The van der Waals surface area contributed by atoms with Crippen molar-refractivity contribution in [3.05, 3.63) is 22.2 Å². The zero-order valence-electron chi connectivity index (χ0n) is 12.4. The highest BCUT2D eigenvalue weighted by Gasteiger charge is 2.62. The predicted octanol–water partition coefficient (Wildman–Crippen LogP) is -3.27. The van der Waals surface area contributed by atoms with Crippen LogP contribution in [-0.2, 0) is 4.74 Å². The minimum Gasteiger partial charge on any atom is -0.386 e. The monoisotopic (exact) mass is 345 g/mol. The van der Waals surface area contributed by atoms with Crippen molar-refractivity contribution in [2.45, 2.75) is 36.9 Å². The first-order chi connectivity index (χ1) is 11.0. The summed E-state index contributed by atoms with van der Waals surface area (Å²) in [7, 11) is 0. The maximum atomic E-state index is 12.4. The number of aliphatic hydroxyl groups is 5. The summed E-state index contributed by atoms with van der Waals surface area (Å²) in [6.07, 6.45) is -6.17. The predicted molar refractivity (Wildman–Crippen MR) is 75.7 cm³/mol. The molecule has 0 radical (unpaired) electrons. The van der Waals surface area contributed by atoms with Gasteiger partial charge in [-0.1, -0.05) is 11.8 Å². The van der Waals surface area contributed by atoms with Crippen LogP contribution in [0.15, 0.2) is 10.9 Å². The molecule has 132 valence electrons. The number of aromatic nitrogens is 2. The summed E-state index contributed by atoms with van der Waals surface area (Å²) in [5, 5.41) is 48.5. The molecule has 10 nitrogen and oxygen atoms in total. The summed E-state index contributed by atoms with van der Waals surface area (Å²) in [5.74, 6) is 0.172. The lowest BCUT2D eigenvalue weighted by molar-refractivity contribution is -0.368. The number of nitrogens with two attached hydrogens (primary N) is 1. The molecule has 1 aromatic rings. The van der Waals surface area contributed by atoms with Crippen molar-refractivity contribution in [2.24, 2.45) is 0 Å². The molecule has 0 amide bonds. The van der Waals surface area contributed by atoms with Crippen LogP contribution < -0.4 is 11.4 Å². The molecule has 1 aliphatic heterocycles. The van der Waals surface area contributed by atoms with Gasteiger partial charge < -0.3 is 36.0 Å². The Morgan fingerprint density at radius 3 is 2.67 bits per heavy atom. The van der Waals surface area contributed by atoms with Gasteiger partial charge in [0, 0.05) is 5.69 Å². The number of hydrogen-bond donors (Lipinski definition) is 6. The molecular weight excluding hydrogens is 329 g/mol. The Morgan fingerprint density at radius 2 is 2.17 bits per heavy atom. The van der Waals surface area contributed by atoms with Crippen molar-refractivity contribution >= 4 is 5.82 Å². The fraction of sp³-hybridized carbons (Fsp3) is 0.538. The summed E-state index contributed by atoms with van der Waals surface area (Å²) in [6.45, 7) is 0.207. The first-order valence-corrected chi connectivity index (χ1v) is 6.67. The van der Waals surface area contributed by atoms with Gasteiger partial charge in [0.2, 0.25) is 0 Å².